The summed E-state index contributed by atoms with van der Waals surface area (Å²) >= 11 is 6.09. The molecule has 1 fully saturated rings. The molecule has 1 aliphatic rings. The first-order chi connectivity index (χ1) is 11.3. The van der Waals surface area contributed by atoms with Gasteiger partial charge in [-0.3, -0.25) is 4.79 Å². The van der Waals surface area contributed by atoms with E-state index in [2.05, 4.69) is 4.74 Å². The predicted octanol–water partition coefficient (Wildman–Crippen LogP) is 3.45. The molecular formula is C17H24ClNO4S. The normalized spacial score (nSPS) is 19.2. The maximum atomic E-state index is 13.2. The van der Waals surface area contributed by atoms with Crippen molar-refractivity contribution in [3.8, 4) is 0 Å². The van der Waals surface area contributed by atoms with Crippen LogP contribution in [0.2, 0.25) is 5.02 Å². The van der Waals surface area contributed by atoms with Crippen LogP contribution in [0.1, 0.15) is 43.2 Å². The number of piperidine rings is 1. The lowest BCUT2D eigenvalue weighted by Gasteiger charge is -2.35. The van der Waals surface area contributed by atoms with Crippen LogP contribution in [0.25, 0.3) is 0 Å². The first kappa shape index (κ1) is 19.2. The second-order valence-corrected chi connectivity index (χ2v) is 8.51. The number of ether oxygens (including phenoxy) is 1. The number of benzene rings is 1. The molecule has 134 valence electrons. The zero-order chi connectivity index (χ0) is 17.9. The Morgan fingerprint density at radius 3 is 2.67 bits per heavy atom. The molecule has 0 aliphatic carbocycles. The molecule has 0 spiro atoms. The van der Waals surface area contributed by atoms with Gasteiger partial charge in [-0.1, -0.05) is 18.0 Å². The third kappa shape index (κ3) is 4.10. The zero-order valence-electron chi connectivity index (χ0n) is 14.3. The fourth-order valence-corrected chi connectivity index (χ4v) is 5.36. The number of hydrogen-bond acceptors (Lipinski definition) is 4. The highest BCUT2D eigenvalue weighted by Crippen LogP contribution is 2.31. The van der Waals surface area contributed by atoms with Crippen molar-refractivity contribution in [2.75, 3.05) is 13.7 Å². The molecule has 1 aliphatic heterocycles. The van der Waals surface area contributed by atoms with E-state index < -0.39 is 10.0 Å². The Kier molecular flexibility index (Phi) is 6.28. The van der Waals surface area contributed by atoms with Crippen molar-refractivity contribution in [2.45, 2.75) is 56.9 Å². The summed E-state index contributed by atoms with van der Waals surface area (Å²) in [6.07, 6.45) is 3.28. The third-order valence-corrected chi connectivity index (χ3v) is 7.03. The lowest BCUT2D eigenvalue weighted by Crippen LogP contribution is -2.44. The van der Waals surface area contributed by atoms with Crippen LogP contribution in [-0.2, 0) is 19.6 Å². The third-order valence-electron chi connectivity index (χ3n) is 4.53. The van der Waals surface area contributed by atoms with Crippen molar-refractivity contribution in [3.05, 3.63) is 28.3 Å². The van der Waals surface area contributed by atoms with E-state index in [-0.39, 0.29) is 18.4 Å². The molecule has 7 heteroatoms. The molecule has 1 atom stereocenters. The highest BCUT2D eigenvalue weighted by molar-refractivity contribution is 7.89. The highest BCUT2D eigenvalue weighted by atomic mass is 35.5. The number of hydrogen-bond donors (Lipinski definition) is 0. The first-order valence-electron chi connectivity index (χ1n) is 8.12. The van der Waals surface area contributed by atoms with Crippen molar-refractivity contribution < 1.29 is 17.9 Å². The van der Waals surface area contributed by atoms with Crippen molar-refractivity contribution in [2.24, 2.45) is 0 Å². The molecule has 0 aromatic heterocycles. The number of sulfonamides is 1. The number of carbonyl (C=O) groups is 1. The SMILES string of the molecule is COC(=O)CCC1CCCCN1S(=O)(=O)c1cc(C)c(Cl)cc1C. The van der Waals surface area contributed by atoms with Crippen molar-refractivity contribution in [1.29, 1.82) is 0 Å². The van der Waals surface area contributed by atoms with Gasteiger partial charge in [0.15, 0.2) is 0 Å². The fraction of sp³-hybridized carbons (Fsp3) is 0.588. The van der Waals surface area contributed by atoms with Crippen LogP contribution < -0.4 is 0 Å². The molecular weight excluding hydrogens is 350 g/mol. The molecule has 1 aromatic carbocycles. The van der Waals surface area contributed by atoms with Gasteiger partial charge in [-0.25, -0.2) is 8.42 Å². The van der Waals surface area contributed by atoms with Gasteiger partial charge in [0.05, 0.1) is 12.0 Å². The average Bonchev–Trinajstić information content (AvgIpc) is 2.56. The van der Waals surface area contributed by atoms with Gasteiger partial charge in [0, 0.05) is 24.0 Å². The minimum atomic E-state index is -3.61. The quantitative estimate of drug-likeness (QED) is 0.741. The van der Waals surface area contributed by atoms with Crippen molar-refractivity contribution in [1.82, 2.24) is 4.31 Å². The van der Waals surface area contributed by atoms with Gasteiger partial charge in [-0.2, -0.15) is 4.31 Å². The number of methoxy groups -OCH3 is 1. The van der Waals surface area contributed by atoms with E-state index in [0.717, 1.165) is 24.8 Å². The van der Waals surface area contributed by atoms with E-state index >= 15 is 0 Å². The number of esters is 1. The maximum Gasteiger partial charge on any atom is 0.305 e. The minimum Gasteiger partial charge on any atom is -0.469 e. The van der Waals surface area contributed by atoms with Gasteiger partial charge in [0.1, 0.15) is 0 Å². The Bertz CT molecular complexity index is 718. The Morgan fingerprint density at radius 1 is 1.29 bits per heavy atom. The summed E-state index contributed by atoms with van der Waals surface area (Å²) in [5.41, 5.74) is 1.38. The van der Waals surface area contributed by atoms with Gasteiger partial charge in [-0.05, 0) is 56.4 Å². The lowest BCUT2D eigenvalue weighted by atomic mass is 10.0. The van der Waals surface area contributed by atoms with Gasteiger partial charge in [0.25, 0.3) is 0 Å². The number of rotatable bonds is 5. The zero-order valence-corrected chi connectivity index (χ0v) is 15.9. The van der Waals surface area contributed by atoms with E-state index in [1.165, 1.54) is 7.11 Å². The predicted molar refractivity (Wildman–Crippen MR) is 93.7 cm³/mol. The molecule has 24 heavy (non-hydrogen) atoms. The first-order valence-corrected chi connectivity index (χ1v) is 9.94. The summed E-state index contributed by atoms with van der Waals surface area (Å²) in [5.74, 6) is -0.309. The maximum absolute atomic E-state index is 13.2. The van der Waals surface area contributed by atoms with Gasteiger partial charge in [0.2, 0.25) is 10.0 Å². The van der Waals surface area contributed by atoms with Crippen molar-refractivity contribution >= 4 is 27.6 Å². The van der Waals surface area contributed by atoms with E-state index in [0.29, 0.717) is 28.4 Å². The van der Waals surface area contributed by atoms with Crippen LogP contribution in [0.5, 0.6) is 0 Å². The number of nitrogens with zero attached hydrogens (tertiary/aromatic N) is 1. The molecule has 0 amide bonds. The van der Waals surface area contributed by atoms with E-state index in [1.807, 2.05) is 0 Å². The van der Waals surface area contributed by atoms with Crippen molar-refractivity contribution in [3.63, 3.8) is 0 Å². The summed E-state index contributed by atoms with van der Waals surface area (Å²) < 4.78 is 32.5. The topological polar surface area (TPSA) is 63.7 Å². The molecule has 5 nitrogen and oxygen atoms in total. The van der Waals surface area contributed by atoms with Gasteiger partial charge >= 0.3 is 5.97 Å². The average molecular weight is 374 g/mol. The molecule has 1 heterocycles. The molecule has 2 rings (SSSR count). The van der Waals surface area contributed by atoms with Crippen LogP contribution in [0.3, 0.4) is 0 Å². The Hall–Kier alpha value is -1.11. The highest BCUT2D eigenvalue weighted by Gasteiger charge is 2.34. The Balaban J connectivity index is 2.31. The second kappa shape index (κ2) is 7.85. The number of aryl methyl sites for hydroxylation is 2. The van der Waals surface area contributed by atoms with Crippen LogP contribution in [0.4, 0.5) is 0 Å². The van der Waals surface area contributed by atoms with Crippen LogP contribution in [-0.4, -0.2) is 38.4 Å². The Labute approximate surface area is 149 Å². The van der Waals surface area contributed by atoms with Crippen LogP contribution in [0.15, 0.2) is 17.0 Å². The summed E-state index contributed by atoms with van der Waals surface area (Å²) in [5, 5.41) is 0.562. The monoisotopic (exact) mass is 373 g/mol. The molecule has 0 saturated carbocycles. The fourth-order valence-electron chi connectivity index (χ4n) is 3.12. The molecule has 0 bridgehead atoms. The molecule has 1 unspecified atom stereocenters. The van der Waals surface area contributed by atoms with Gasteiger partial charge < -0.3 is 4.74 Å². The summed E-state index contributed by atoms with van der Waals surface area (Å²) in [7, 11) is -2.27. The lowest BCUT2D eigenvalue weighted by molar-refractivity contribution is -0.141. The van der Waals surface area contributed by atoms with Crippen LogP contribution in [0, 0.1) is 13.8 Å². The van der Waals surface area contributed by atoms with Gasteiger partial charge in [-0.15, -0.1) is 0 Å². The molecule has 0 N–H and O–H groups in total. The summed E-state index contributed by atoms with van der Waals surface area (Å²) in [6.45, 7) is 4.03. The number of carbonyl (C=O) groups excluding carboxylic acids is 1. The van der Waals surface area contributed by atoms with Crippen LogP contribution >= 0.6 is 11.6 Å². The summed E-state index contributed by atoms with van der Waals surface area (Å²) in [6, 6.07) is 3.16. The minimum absolute atomic E-state index is 0.168. The smallest absolute Gasteiger partial charge is 0.305 e. The second-order valence-electron chi connectivity index (χ2n) is 6.25. The van der Waals surface area contributed by atoms with E-state index in [9.17, 15) is 13.2 Å². The Morgan fingerprint density at radius 2 is 2.00 bits per heavy atom. The molecule has 1 aromatic rings. The van der Waals surface area contributed by atoms with E-state index in [4.69, 9.17) is 11.6 Å². The standard InChI is InChI=1S/C17H24ClNO4S/c1-12-11-16(13(2)10-15(12)18)24(21,22)19-9-5-4-6-14(19)7-8-17(20)23-3/h10-11,14H,4-9H2,1-3H3. The number of halogens is 1. The molecule has 1 saturated heterocycles. The van der Waals surface area contributed by atoms with E-state index in [1.54, 1.807) is 30.3 Å². The summed E-state index contributed by atoms with van der Waals surface area (Å²) in [4.78, 5) is 11.7. The largest absolute Gasteiger partial charge is 0.469 e. The molecule has 0 radical (unpaired) electrons.